The number of ether oxygens (including phenoxy) is 1. The molecule has 8 heteroatoms. The molecule has 0 aliphatic heterocycles. The predicted molar refractivity (Wildman–Crippen MR) is 69.2 cm³/mol. The summed E-state index contributed by atoms with van der Waals surface area (Å²) in [6.07, 6.45) is -4.59. The Morgan fingerprint density at radius 3 is 2.65 bits per heavy atom. The van der Waals surface area contributed by atoms with Crippen molar-refractivity contribution in [2.75, 3.05) is 25.6 Å². The van der Waals surface area contributed by atoms with Crippen molar-refractivity contribution in [3.05, 3.63) is 24.3 Å². The van der Waals surface area contributed by atoms with Gasteiger partial charge < -0.3 is 20.6 Å². The van der Waals surface area contributed by atoms with Crippen LogP contribution in [-0.2, 0) is 0 Å². The molecule has 5 nitrogen and oxygen atoms in total. The van der Waals surface area contributed by atoms with Gasteiger partial charge in [0.25, 0.3) is 0 Å². The summed E-state index contributed by atoms with van der Waals surface area (Å²) in [4.78, 5) is 1.36. The lowest BCUT2D eigenvalue weighted by Crippen LogP contribution is -2.43. The van der Waals surface area contributed by atoms with E-state index in [1.54, 1.807) is 24.3 Å². The summed E-state index contributed by atoms with van der Waals surface area (Å²) >= 11 is 0. The van der Waals surface area contributed by atoms with Crippen molar-refractivity contribution in [1.29, 1.82) is 0 Å². The third-order valence-corrected chi connectivity index (χ3v) is 2.82. The van der Waals surface area contributed by atoms with Gasteiger partial charge in [0.2, 0.25) is 0 Å². The van der Waals surface area contributed by atoms with Gasteiger partial charge in [-0.25, -0.2) is 0 Å². The summed E-state index contributed by atoms with van der Waals surface area (Å²) in [5, 5.41) is 10.9. The fourth-order valence-corrected chi connectivity index (χ4v) is 1.66. The van der Waals surface area contributed by atoms with E-state index >= 15 is 0 Å². The number of methoxy groups -OCH3 is 1. The van der Waals surface area contributed by atoms with Crippen LogP contribution in [-0.4, -0.2) is 37.9 Å². The van der Waals surface area contributed by atoms with Gasteiger partial charge in [-0.3, -0.25) is 0 Å². The van der Waals surface area contributed by atoms with Crippen LogP contribution in [0.5, 0.6) is 5.75 Å². The van der Waals surface area contributed by atoms with E-state index in [1.165, 1.54) is 19.1 Å². The smallest absolute Gasteiger partial charge is 0.400 e. The average Bonchev–Trinajstić information content (AvgIpc) is 2.42. The van der Waals surface area contributed by atoms with Crippen LogP contribution in [0.4, 0.5) is 18.9 Å². The van der Waals surface area contributed by atoms with Crippen LogP contribution in [0, 0.1) is 5.92 Å². The van der Waals surface area contributed by atoms with Crippen molar-refractivity contribution in [2.45, 2.75) is 6.18 Å². The minimum absolute atomic E-state index is 0.466. The molecule has 112 valence electrons. The van der Waals surface area contributed by atoms with E-state index in [0.717, 1.165) is 0 Å². The average molecular weight is 291 g/mol. The molecule has 0 bridgehead atoms. The number of oxime groups is 1. The number of hydrogen-bond donors (Lipinski definition) is 2. The fourth-order valence-electron chi connectivity index (χ4n) is 1.66. The first-order valence-electron chi connectivity index (χ1n) is 5.69. The lowest BCUT2D eigenvalue weighted by molar-refractivity contribution is -0.153. The number of nitrogens with zero attached hydrogens (tertiary/aromatic N) is 2. The Morgan fingerprint density at radius 2 is 2.15 bits per heavy atom. The molecular weight excluding hydrogens is 275 g/mol. The quantitative estimate of drug-likeness (QED) is 0.377. The molecule has 0 radical (unpaired) electrons. The fraction of sp³-hybridized carbons (Fsp3) is 0.417. The van der Waals surface area contributed by atoms with Crippen LogP contribution in [0.15, 0.2) is 29.4 Å². The van der Waals surface area contributed by atoms with E-state index < -0.39 is 24.5 Å². The summed E-state index contributed by atoms with van der Waals surface area (Å²) in [6.45, 7) is -0.466. The van der Waals surface area contributed by atoms with Gasteiger partial charge in [0, 0.05) is 25.3 Å². The highest BCUT2D eigenvalue weighted by Crippen LogP contribution is 2.29. The summed E-state index contributed by atoms with van der Waals surface area (Å²) in [7, 11) is 2.95. The Balaban J connectivity index is 2.93. The molecule has 1 aromatic rings. The number of anilines is 1. The molecule has 0 aromatic heterocycles. The zero-order valence-corrected chi connectivity index (χ0v) is 11.1. The molecule has 0 amide bonds. The summed E-state index contributed by atoms with van der Waals surface area (Å²) in [6, 6.07) is 6.58. The molecule has 0 saturated heterocycles. The van der Waals surface area contributed by atoms with Crippen molar-refractivity contribution >= 4 is 11.5 Å². The molecule has 0 saturated carbocycles. The van der Waals surface area contributed by atoms with Crippen molar-refractivity contribution in [3.8, 4) is 5.75 Å². The van der Waals surface area contributed by atoms with Gasteiger partial charge in [0.05, 0.1) is 7.11 Å². The second-order valence-corrected chi connectivity index (χ2v) is 4.20. The van der Waals surface area contributed by atoms with E-state index in [9.17, 15) is 13.2 Å². The van der Waals surface area contributed by atoms with Crippen molar-refractivity contribution < 1.29 is 23.1 Å². The number of rotatable bonds is 5. The normalized spacial score (nSPS) is 13.9. The van der Waals surface area contributed by atoms with E-state index in [-0.39, 0.29) is 0 Å². The van der Waals surface area contributed by atoms with Crippen LogP contribution in [0.1, 0.15) is 0 Å². The number of alkyl halides is 3. The van der Waals surface area contributed by atoms with E-state index in [1.807, 2.05) is 0 Å². The molecule has 0 heterocycles. The summed E-state index contributed by atoms with van der Waals surface area (Å²) < 4.78 is 43.6. The Bertz CT molecular complexity index is 477. The third-order valence-electron chi connectivity index (χ3n) is 2.82. The lowest BCUT2D eigenvalue weighted by atomic mass is 10.1. The number of hydrogen-bond acceptors (Lipinski definition) is 4. The lowest BCUT2D eigenvalue weighted by Gasteiger charge is -2.26. The van der Waals surface area contributed by atoms with Crippen molar-refractivity contribution in [2.24, 2.45) is 16.8 Å². The van der Waals surface area contributed by atoms with Gasteiger partial charge in [-0.15, -0.1) is 0 Å². The first-order valence-corrected chi connectivity index (χ1v) is 5.69. The van der Waals surface area contributed by atoms with Gasteiger partial charge in [-0.2, -0.15) is 13.2 Å². The zero-order chi connectivity index (χ0) is 15.3. The van der Waals surface area contributed by atoms with Gasteiger partial charge in [-0.1, -0.05) is 11.2 Å². The van der Waals surface area contributed by atoms with Crippen LogP contribution in [0.3, 0.4) is 0 Å². The van der Waals surface area contributed by atoms with Crippen LogP contribution in [0.25, 0.3) is 0 Å². The zero-order valence-electron chi connectivity index (χ0n) is 11.1. The molecule has 1 rings (SSSR count). The Hall–Kier alpha value is -2.12. The molecule has 1 unspecified atom stereocenters. The molecule has 1 atom stereocenters. The SMILES string of the molecule is COc1cccc(N(C)CC(/C(N)=N/O)C(F)(F)F)c1. The van der Waals surface area contributed by atoms with Crippen molar-refractivity contribution in [1.82, 2.24) is 0 Å². The highest BCUT2D eigenvalue weighted by Gasteiger charge is 2.43. The number of benzene rings is 1. The monoisotopic (exact) mass is 291 g/mol. The Labute approximate surface area is 114 Å². The number of nitrogens with two attached hydrogens (primary N) is 1. The summed E-state index contributed by atoms with van der Waals surface area (Å²) in [5.74, 6) is -2.39. The molecule has 0 spiro atoms. The van der Waals surface area contributed by atoms with Crippen molar-refractivity contribution in [3.63, 3.8) is 0 Å². The molecule has 20 heavy (non-hydrogen) atoms. The van der Waals surface area contributed by atoms with Gasteiger partial charge >= 0.3 is 6.18 Å². The maximum atomic E-state index is 12.9. The van der Waals surface area contributed by atoms with Crippen LogP contribution in [0.2, 0.25) is 0 Å². The second-order valence-electron chi connectivity index (χ2n) is 4.20. The Morgan fingerprint density at radius 1 is 1.50 bits per heavy atom. The maximum Gasteiger partial charge on any atom is 0.400 e. The Kier molecular flexibility index (Phi) is 5.06. The highest BCUT2D eigenvalue weighted by atomic mass is 19.4. The molecule has 0 aliphatic rings. The first-order chi connectivity index (χ1) is 9.29. The number of halogens is 3. The van der Waals surface area contributed by atoms with E-state index in [4.69, 9.17) is 15.7 Å². The molecule has 1 aromatic carbocycles. The number of amidine groups is 1. The first kappa shape index (κ1) is 15.9. The summed E-state index contributed by atoms with van der Waals surface area (Å²) in [5.41, 5.74) is 5.65. The predicted octanol–water partition coefficient (Wildman–Crippen LogP) is 2.06. The second kappa shape index (κ2) is 6.36. The maximum absolute atomic E-state index is 12.9. The van der Waals surface area contributed by atoms with Crippen LogP contribution >= 0.6 is 0 Å². The standard InChI is InChI=1S/C12H16F3N3O2/c1-18(8-4-3-5-9(6-8)20-2)7-10(11(16)17-19)12(13,14)15/h3-6,10,19H,7H2,1-2H3,(H2,16,17). The third kappa shape index (κ3) is 3.94. The largest absolute Gasteiger partial charge is 0.497 e. The minimum atomic E-state index is -4.59. The van der Waals surface area contributed by atoms with E-state index in [0.29, 0.717) is 11.4 Å². The molecular formula is C12H16F3N3O2. The van der Waals surface area contributed by atoms with Crippen LogP contribution < -0.4 is 15.4 Å². The molecule has 0 fully saturated rings. The van der Waals surface area contributed by atoms with E-state index in [2.05, 4.69) is 5.16 Å². The highest BCUT2D eigenvalue weighted by molar-refractivity contribution is 5.83. The topological polar surface area (TPSA) is 71.1 Å². The molecule has 3 N–H and O–H groups in total. The van der Waals surface area contributed by atoms with Gasteiger partial charge in [0.1, 0.15) is 11.7 Å². The minimum Gasteiger partial charge on any atom is -0.497 e. The van der Waals surface area contributed by atoms with Gasteiger partial charge in [0.15, 0.2) is 5.84 Å². The molecule has 0 aliphatic carbocycles. The van der Waals surface area contributed by atoms with Gasteiger partial charge in [-0.05, 0) is 12.1 Å².